The molecule has 0 aliphatic carbocycles. The highest BCUT2D eigenvalue weighted by Gasteiger charge is 2.13. The van der Waals surface area contributed by atoms with Crippen LogP contribution in [0.2, 0.25) is 0 Å². The number of halogens is 2. The molecule has 5 heteroatoms. The van der Waals surface area contributed by atoms with Crippen molar-refractivity contribution in [2.45, 2.75) is 26.3 Å². The fraction of sp³-hybridized carbons (Fsp3) is 0.357. The van der Waals surface area contributed by atoms with Crippen molar-refractivity contribution >= 4 is 27.3 Å². The normalized spacial score (nSPS) is 12.6. The Morgan fingerprint density at radius 3 is 2.95 bits per heavy atom. The third-order valence-electron chi connectivity index (χ3n) is 2.81. The van der Waals surface area contributed by atoms with Gasteiger partial charge in [-0.2, -0.15) is 0 Å². The average molecular weight is 343 g/mol. The van der Waals surface area contributed by atoms with Crippen molar-refractivity contribution in [3.63, 3.8) is 0 Å². The molecule has 1 heterocycles. The Kier molecular flexibility index (Phi) is 5.07. The molecule has 19 heavy (non-hydrogen) atoms. The van der Waals surface area contributed by atoms with Gasteiger partial charge in [-0.05, 0) is 38.1 Å². The van der Waals surface area contributed by atoms with Crippen molar-refractivity contribution in [1.82, 2.24) is 10.3 Å². The molecule has 1 unspecified atom stereocenters. The van der Waals surface area contributed by atoms with E-state index in [1.807, 2.05) is 12.3 Å². The SMILES string of the molecule is CCCNC(C)c1cnc(-c2ccc(Br)cc2F)s1. The molecule has 1 N–H and O–H groups in total. The number of rotatable bonds is 5. The van der Waals surface area contributed by atoms with Gasteiger partial charge in [0.2, 0.25) is 0 Å². The van der Waals surface area contributed by atoms with Gasteiger partial charge in [0.25, 0.3) is 0 Å². The van der Waals surface area contributed by atoms with Crippen LogP contribution in [-0.2, 0) is 0 Å². The molecule has 0 spiro atoms. The molecule has 2 aromatic rings. The van der Waals surface area contributed by atoms with E-state index in [0.717, 1.165) is 27.3 Å². The maximum Gasteiger partial charge on any atom is 0.134 e. The standard InChI is InChI=1S/C14H16BrFN2S/c1-3-6-17-9(2)13-8-18-14(19-13)11-5-4-10(15)7-12(11)16/h4-5,7-9,17H,3,6H2,1-2H3. The van der Waals surface area contributed by atoms with Crippen molar-refractivity contribution in [2.75, 3.05) is 6.54 Å². The van der Waals surface area contributed by atoms with Crippen molar-refractivity contribution in [1.29, 1.82) is 0 Å². The van der Waals surface area contributed by atoms with E-state index < -0.39 is 0 Å². The van der Waals surface area contributed by atoms with Crippen LogP contribution in [0, 0.1) is 5.82 Å². The van der Waals surface area contributed by atoms with Gasteiger partial charge < -0.3 is 5.32 Å². The molecular formula is C14H16BrFN2S. The number of nitrogens with zero attached hydrogens (tertiary/aromatic N) is 1. The first-order valence-corrected chi connectivity index (χ1v) is 7.87. The minimum atomic E-state index is -0.246. The molecule has 1 aromatic carbocycles. The summed E-state index contributed by atoms with van der Waals surface area (Å²) in [5, 5.41) is 4.13. The number of benzene rings is 1. The van der Waals surface area contributed by atoms with Crippen LogP contribution in [0.4, 0.5) is 4.39 Å². The smallest absolute Gasteiger partial charge is 0.134 e. The van der Waals surface area contributed by atoms with E-state index in [9.17, 15) is 4.39 Å². The van der Waals surface area contributed by atoms with Gasteiger partial charge in [0.05, 0.1) is 0 Å². The molecule has 0 radical (unpaired) electrons. The van der Waals surface area contributed by atoms with Gasteiger partial charge in [-0.25, -0.2) is 9.37 Å². The van der Waals surface area contributed by atoms with Gasteiger partial charge in [-0.1, -0.05) is 22.9 Å². The van der Waals surface area contributed by atoms with Gasteiger partial charge in [0.15, 0.2) is 0 Å². The van der Waals surface area contributed by atoms with E-state index in [1.54, 1.807) is 6.07 Å². The molecule has 0 fully saturated rings. The maximum atomic E-state index is 13.9. The first-order valence-electron chi connectivity index (χ1n) is 6.26. The number of hydrogen-bond acceptors (Lipinski definition) is 3. The van der Waals surface area contributed by atoms with Crippen molar-refractivity contribution in [3.05, 3.63) is 39.6 Å². The van der Waals surface area contributed by atoms with Crippen LogP contribution in [0.1, 0.15) is 31.2 Å². The molecule has 0 aliphatic rings. The lowest BCUT2D eigenvalue weighted by Gasteiger charge is -2.09. The zero-order valence-electron chi connectivity index (χ0n) is 10.9. The summed E-state index contributed by atoms with van der Waals surface area (Å²) in [6.07, 6.45) is 2.92. The quantitative estimate of drug-likeness (QED) is 0.846. The van der Waals surface area contributed by atoms with E-state index in [0.29, 0.717) is 5.56 Å². The molecule has 2 rings (SSSR count). The summed E-state index contributed by atoms with van der Waals surface area (Å²) in [7, 11) is 0. The van der Waals surface area contributed by atoms with E-state index in [1.165, 1.54) is 17.4 Å². The van der Waals surface area contributed by atoms with E-state index in [2.05, 4.69) is 40.1 Å². The molecule has 0 amide bonds. The molecule has 0 aliphatic heterocycles. The zero-order valence-corrected chi connectivity index (χ0v) is 13.3. The third kappa shape index (κ3) is 3.61. The second-order valence-corrected chi connectivity index (χ2v) is 6.35. The highest BCUT2D eigenvalue weighted by molar-refractivity contribution is 9.10. The van der Waals surface area contributed by atoms with E-state index in [4.69, 9.17) is 0 Å². The molecule has 102 valence electrons. The molecule has 1 atom stereocenters. The molecule has 0 saturated heterocycles. The Hall–Kier alpha value is -0.780. The fourth-order valence-electron chi connectivity index (χ4n) is 1.74. The monoisotopic (exact) mass is 342 g/mol. The van der Waals surface area contributed by atoms with Crippen molar-refractivity contribution in [3.8, 4) is 10.6 Å². The lowest BCUT2D eigenvalue weighted by Crippen LogP contribution is -2.18. The van der Waals surface area contributed by atoms with Gasteiger partial charge in [-0.3, -0.25) is 0 Å². The maximum absolute atomic E-state index is 13.9. The summed E-state index contributed by atoms with van der Waals surface area (Å²) in [6, 6.07) is 5.31. The topological polar surface area (TPSA) is 24.9 Å². The third-order valence-corrected chi connectivity index (χ3v) is 4.52. The van der Waals surface area contributed by atoms with Gasteiger partial charge >= 0.3 is 0 Å². The number of thiazole rings is 1. The second kappa shape index (κ2) is 6.59. The van der Waals surface area contributed by atoms with Gasteiger partial charge in [0, 0.05) is 27.2 Å². The largest absolute Gasteiger partial charge is 0.309 e. The first kappa shape index (κ1) is 14.6. The van der Waals surface area contributed by atoms with Crippen LogP contribution < -0.4 is 5.32 Å². The second-order valence-electron chi connectivity index (χ2n) is 4.37. The minimum Gasteiger partial charge on any atom is -0.309 e. The Balaban J connectivity index is 2.20. The summed E-state index contributed by atoms with van der Waals surface area (Å²) in [4.78, 5) is 5.46. The summed E-state index contributed by atoms with van der Waals surface area (Å²) >= 11 is 4.79. The molecule has 0 saturated carbocycles. The number of hydrogen-bond donors (Lipinski definition) is 1. The summed E-state index contributed by atoms with van der Waals surface area (Å²) in [5.74, 6) is -0.246. The van der Waals surface area contributed by atoms with E-state index >= 15 is 0 Å². The van der Waals surface area contributed by atoms with Crippen molar-refractivity contribution < 1.29 is 4.39 Å². The molecule has 0 bridgehead atoms. The first-order chi connectivity index (χ1) is 9.11. The summed E-state index contributed by atoms with van der Waals surface area (Å²) < 4.78 is 14.6. The van der Waals surface area contributed by atoms with Crippen LogP contribution in [0.3, 0.4) is 0 Å². The van der Waals surface area contributed by atoms with Gasteiger partial charge in [0.1, 0.15) is 10.8 Å². The summed E-state index contributed by atoms with van der Waals surface area (Å²) in [5.41, 5.74) is 0.558. The number of nitrogens with one attached hydrogen (secondary N) is 1. The van der Waals surface area contributed by atoms with Crippen LogP contribution in [-0.4, -0.2) is 11.5 Å². The average Bonchev–Trinajstić information content (AvgIpc) is 2.85. The Morgan fingerprint density at radius 2 is 2.26 bits per heavy atom. The van der Waals surface area contributed by atoms with Crippen LogP contribution in [0.15, 0.2) is 28.9 Å². The Labute approximate surface area is 125 Å². The fourth-order valence-corrected chi connectivity index (χ4v) is 3.04. The summed E-state index contributed by atoms with van der Waals surface area (Å²) in [6.45, 7) is 5.21. The highest BCUT2D eigenvalue weighted by Crippen LogP contribution is 2.31. The Morgan fingerprint density at radius 1 is 1.47 bits per heavy atom. The van der Waals surface area contributed by atoms with Gasteiger partial charge in [-0.15, -0.1) is 11.3 Å². The lowest BCUT2D eigenvalue weighted by molar-refractivity contribution is 0.577. The van der Waals surface area contributed by atoms with Crippen LogP contribution in [0.5, 0.6) is 0 Å². The molecule has 1 aromatic heterocycles. The number of aromatic nitrogens is 1. The highest BCUT2D eigenvalue weighted by atomic mass is 79.9. The Bertz CT molecular complexity index is 556. The zero-order chi connectivity index (χ0) is 13.8. The molecular weight excluding hydrogens is 327 g/mol. The predicted octanol–water partition coefficient (Wildman–Crippen LogP) is 4.77. The van der Waals surface area contributed by atoms with E-state index in [-0.39, 0.29) is 11.9 Å². The predicted molar refractivity (Wildman–Crippen MR) is 81.9 cm³/mol. The lowest BCUT2D eigenvalue weighted by atomic mass is 10.2. The van der Waals surface area contributed by atoms with Crippen LogP contribution >= 0.6 is 27.3 Å². The molecule has 2 nitrogen and oxygen atoms in total. The minimum absolute atomic E-state index is 0.246. The van der Waals surface area contributed by atoms with Crippen molar-refractivity contribution in [2.24, 2.45) is 0 Å². The van der Waals surface area contributed by atoms with Crippen LogP contribution in [0.25, 0.3) is 10.6 Å².